The van der Waals surface area contributed by atoms with E-state index in [1.54, 1.807) is 0 Å². The molecule has 0 amide bonds. The van der Waals surface area contributed by atoms with Crippen LogP contribution in [0.25, 0.3) is 0 Å². The fourth-order valence-electron chi connectivity index (χ4n) is 3.10. The first-order valence-corrected chi connectivity index (χ1v) is 8.79. The lowest BCUT2D eigenvalue weighted by atomic mass is 9.94. The second-order valence-corrected chi connectivity index (χ2v) is 7.46. The molecule has 1 aliphatic rings. The van der Waals surface area contributed by atoms with E-state index in [4.69, 9.17) is 5.11 Å². The minimum Gasteiger partial charge on any atom is -0.392 e. The summed E-state index contributed by atoms with van der Waals surface area (Å²) in [6.45, 7) is 3.66. The van der Waals surface area contributed by atoms with E-state index in [2.05, 4.69) is 18.6 Å². The number of rotatable bonds is 5. The van der Waals surface area contributed by atoms with Gasteiger partial charge in [-0.25, -0.2) is 17.5 Å². The van der Waals surface area contributed by atoms with E-state index in [-0.39, 0.29) is 16.5 Å². The van der Waals surface area contributed by atoms with Crippen LogP contribution < -0.4 is 4.72 Å². The first-order chi connectivity index (χ1) is 9.89. The third kappa shape index (κ3) is 3.44. The van der Waals surface area contributed by atoms with Gasteiger partial charge in [-0.05, 0) is 42.9 Å². The minimum absolute atomic E-state index is 0.0000912. The molecule has 2 rings (SSSR count). The van der Waals surface area contributed by atoms with Crippen molar-refractivity contribution in [2.24, 2.45) is 11.8 Å². The van der Waals surface area contributed by atoms with E-state index in [0.717, 1.165) is 25.3 Å². The zero-order valence-electron chi connectivity index (χ0n) is 12.3. The van der Waals surface area contributed by atoms with Gasteiger partial charge in [-0.3, -0.25) is 0 Å². The second-order valence-electron chi connectivity index (χ2n) is 5.74. The molecular formula is C15H22FNO3S. The lowest BCUT2D eigenvalue weighted by Crippen LogP contribution is -2.37. The third-order valence-corrected chi connectivity index (χ3v) is 6.04. The Morgan fingerprint density at radius 1 is 1.38 bits per heavy atom. The highest BCUT2D eigenvalue weighted by Crippen LogP contribution is 2.34. The van der Waals surface area contributed by atoms with Crippen molar-refractivity contribution >= 4 is 10.0 Å². The van der Waals surface area contributed by atoms with E-state index in [1.165, 1.54) is 12.1 Å². The van der Waals surface area contributed by atoms with Gasteiger partial charge < -0.3 is 5.11 Å². The van der Waals surface area contributed by atoms with E-state index in [9.17, 15) is 12.8 Å². The molecule has 2 N–H and O–H groups in total. The quantitative estimate of drug-likeness (QED) is 0.877. The molecule has 0 spiro atoms. The summed E-state index contributed by atoms with van der Waals surface area (Å²) in [6.07, 6.45) is 2.90. The normalized spacial score (nSPS) is 26.2. The molecule has 0 saturated heterocycles. The zero-order chi connectivity index (χ0) is 15.6. The highest BCUT2D eigenvalue weighted by molar-refractivity contribution is 7.89. The van der Waals surface area contributed by atoms with Gasteiger partial charge in [0.1, 0.15) is 5.82 Å². The Morgan fingerprint density at radius 3 is 2.67 bits per heavy atom. The van der Waals surface area contributed by atoms with Crippen molar-refractivity contribution in [2.45, 2.75) is 50.7 Å². The Labute approximate surface area is 125 Å². The summed E-state index contributed by atoms with van der Waals surface area (Å²) in [5.74, 6) is 0.234. The third-order valence-electron chi connectivity index (χ3n) is 4.56. The largest absolute Gasteiger partial charge is 0.392 e. The lowest BCUT2D eigenvalue weighted by Gasteiger charge is -2.21. The van der Waals surface area contributed by atoms with Gasteiger partial charge in [0.05, 0.1) is 11.5 Å². The molecule has 1 aromatic rings. The van der Waals surface area contributed by atoms with E-state index in [1.807, 2.05) is 0 Å². The SMILES string of the molecule is CCC1CCC(NS(=O)(=O)c2ccc(F)c(CO)c2)C1C. The van der Waals surface area contributed by atoms with Gasteiger partial charge in [-0.1, -0.05) is 20.3 Å². The van der Waals surface area contributed by atoms with Gasteiger partial charge in [-0.15, -0.1) is 0 Å². The van der Waals surface area contributed by atoms with Gasteiger partial charge in [0, 0.05) is 11.6 Å². The smallest absolute Gasteiger partial charge is 0.240 e. The van der Waals surface area contributed by atoms with Gasteiger partial charge in [-0.2, -0.15) is 0 Å². The summed E-state index contributed by atoms with van der Waals surface area (Å²) in [5.41, 5.74) is -0.0104. The Morgan fingerprint density at radius 2 is 2.10 bits per heavy atom. The topological polar surface area (TPSA) is 66.4 Å². The van der Waals surface area contributed by atoms with Crippen molar-refractivity contribution in [1.29, 1.82) is 0 Å². The monoisotopic (exact) mass is 315 g/mol. The molecule has 21 heavy (non-hydrogen) atoms. The number of halogens is 1. The van der Waals surface area contributed by atoms with Crippen LogP contribution in [0.4, 0.5) is 4.39 Å². The zero-order valence-corrected chi connectivity index (χ0v) is 13.2. The van der Waals surface area contributed by atoms with E-state index >= 15 is 0 Å². The van der Waals surface area contributed by atoms with Crippen molar-refractivity contribution in [2.75, 3.05) is 0 Å². The summed E-state index contributed by atoms with van der Waals surface area (Å²) in [7, 11) is -3.69. The first-order valence-electron chi connectivity index (χ1n) is 7.30. The number of hydrogen-bond donors (Lipinski definition) is 2. The maximum Gasteiger partial charge on any atom is 0.240 e. The fraction of sp³-hybridized carbons (Fsp3) is 0.600. The number of aliphatic hydroxyl groups is 1. The van der Waals surface area contributed by atoms with Crippen LogP contribution in [-0.2, 0) is 16.6 Å². The Balaban J connectivity index is 2.19. The first kappa shape index (κ1) is 16.4. The molecule has 1 saturated carbocycles. The van der Waals surface area contributed by atoms with Crippen LogP contribution in [0.2, 0.25) is 0 Å². The van der Waals surface area contributed by atoms with Crippen LogP contribution in [0, 0.1) is 17.7 Å². The minimum atomic E-state index is -3.69. The second kappa shape index (κ2) is 6.42. The Bertz CT molecular complexity index is 603. The molecule has 118 valence electrons. The van der Waals surface area contributed by atoms with Crippen LogP contribution in [0.3, 0.4) is 0 Å². The molecule has 0 aliphatic heterocycles. The predicted octanol–water partition coefficient (Wildman–Crippen LogP) is 2.42. The van der Waals surface area contributed by atoms with Crippen molar-refractivity contribution in [3.63, 3.8) is 0 Å². The number of sulfonamides is 1. The van der Waals surface area contributed by atoms with Crippen LogP contribution in [0.5, 0.6) is 0 Å². The number of hydrogen-bond acceptors (Lipinski definition) is 3. The van der Waals surface area contributed by atoms with Crippen molar-refractivity contribution in [3.05, 3.63) is 29.6 Å². The van der Waals surface area contributed by atoms with Gasteiger partial charge >= 0.3 is 0 Å². The standard InChI is InChI=1S/C15H22FNO3S/c1-3-11-4-7-15(10(11)2)17-21(19,20)13-5-6-14(16)12(8-13)9-18/h5-6,8,10-11,15,17-18H,3-4,7,9H2,1-2H3. The number of benzene rings is 1. The summed E-state index contributed by atoms with van der Waals surface area (Å²) < 4.78 is 40.9. The molecule has 1 fully saturated rings. The molecule has 6 heteroatoms. The highest BCUT2D eigenvalue weighted by atomic mass is 32.2. The Hall–Kier alpha value is -0.980. The molecule has 1 aliphatic carbocycles. The molecule has 4 nitrogen and oxygen atoms in total. The average Bonchev–Trinajstić information content (AvgIpc) is 2.79. The van der Waals surface area contributed by atoms with Crippen molar-refractivity contribution < 1.29 is 17.9 Å². The number of aliphatic hydroxyl groups excluding tert-OH is 1. The van der Waals surface area contributed by atoms with E-state index in [0.29, 0.717) is 11.8 Å². The molecule has 3 atom stereocenters. The van der Waals surface area contributed by atoms with Crippen LogP contribution in [-0.4, -0.2) is 19.6 Å². The highest BCUT2D eigenvalue weighted by Gasteiger charge is 2.34. The number of nitrogens with one attached hydrogen (secondary N) is 1. The molecular weight excluding hydrogens is 293 g/mol. The van der Waals surface area contributed by atoms with E-state index < -0.39 is 22.4 Å². The average molecular weight is 315 g/mol. The lowest BCUT2D eigenvalue weighted by molar-refractivity contribution is 0.275. The van der Waals surface area contributed by atoms with Crippen molar-refractivity contribution in [3.8, 4) is 0 Å². The van der Waals surface area contributed by atoms with Crippen LogP contribution in [0.1, 0.15) is 38.7 Å². The molecule has 3 unspecified atom stereocenters. The predicted molar refractivity (Wildman–Crippen MR) is 78.6 cm³/mol. The molecule has 0 heterocycles. The maximum atomic E-state index is 13.3. The molecule has 1 aromatic carbocycles. The molecule has 0 aromatic heterocycles. The Kier molecular flexibility index (Phi) is 5.01. The molecule has 0 radical (unpaired) electrons. The molecule has 0 bridgehead atoms. The van der Waals surface area contributed by atoms with Gasteiger partial charge in [0.2, 0.25) is 10.0 Å². The van der Waals surface area contributed by atoms with Gasteiger partial charge in [0.25, 0.3) is 0 Å². The van der Waals surface area contributed by atoms with Crippen LogP contribution in [0.15, 0.2) is 23.1 Å². The van der Waals surface area contributed by atoms with Crippen molar-refractivity contribution in [1.82, 2.24) is 4.72 Å². The summed E-state index contributed by atoms with van der Waals surface area (Å²) in [5, 5.41) is 9.05. The summed E-state index contributed by atoms with van der Waals surface area (Å²) in [6, 6.07) is 3.41. The maximum absolute atomic E-state index is 13.3. The summed E-state index contributed by atoms with van der Waals surface area (Å²) in [4.78, 5) is 0.0000912. The fourth-order valence-corrected chi connectivity index (χ4v) is 4.51. The van der Waals surface area contributed by atoms with Crippen LogP contribution >= 0.6 is 0 Å². The summed E-state index contributed by atoms with van der Waals surface area (Å²) >= 11 is 0. The van der Waals surface area contributed by atoms with Gasteiger partial charge in [0.15, 0.2) is 0 Å².